The monoisotopic (exact) mass is 217 g/mol. The third kappa shape index (κ3) is 1.95. The maximum atomic E-state index is 11.3. The highest BCUT2D eigenvalue weighted by Crippen LogP contribution is 2.09. The SMILES string of the molecule is NC(=O)OC(=O)c1ncc2ccccc2n1. The Labute approximate surface area is 90.1 Å². The average molecular weight is 217 g/mol. The number of primary amides is 1. The molecule has 0 spiro atoms. The molecule has 0 saturated heterocycles. The summed E-state index contributed by atoms with van der Waals surface area (Å²) in [5.74, 6) is -1.16. The van der Waals surface area contributed by atoms with E-state index >= 15 is 0 Å². The van der Waals surface area contributed by atoms with E-state index in [4.69, 9.17) is 5.73 Å². The Morgan fingerprint density at radius 3 is 2.75 bits per heavy atom. The quantitative estimate of drug-likeness (QED) is 0.564. The summed E-state index contributed by atoms with van der Waals surface area (Å²) >= 11 is 0. The molecule has 1 heterocycles. The van der Waals surface area contributed by atoms with E-state index < -0.39 is 12.1 Å². The number of ether oxygens (including phenoxy) is 1. The average Bonchev–Trinajstić information content (AvgIpc) is 2.27. The second-order valence-electron chi connectivity index (χ2n) is 2.96. The van der Waals surface area contributed by atoms with E-state index in [0.29, 0.717) is 5.52 Å². The van der Waals surface area contributed by atoms with E-state index in [-0.39, 0.29) is 5.82 Å². The molecule has 1 aromatic carbocycles. The lowest BCUT2D eigenvalue weighted by atomic mass is 10.2. The van der Waals surface area contributed by atoms with Crippen LogP contribution in [0.5, 0.6) is 0 Å². The van der Waals surface area contributed by atoms with Gasteiger partial charge < -0.3 is 10.5 Å². The number of amides is 1. The molecule has 2 aromatic rings. The second-order valence-corrected chi connectivity index (χ2v) is 2.96. The number of fused-ring (bicyclic) bond motifs is 1. The molecule has 0 bridgehead atoms. The normalized spacial score (nSPS) is 10.0. The lowest BCUT2D eigenvalue weighted by Crippen LogP contribution is -2.20. The molecule has 0 saturated carbocycles. The van der Waals surface area contributed by atoms with Crippen molar-refractivity contribution < 1.29 is 14.3 Å². The van der Waals surface area contributed by atoms with Crippen LogP contribution >= 0.6 is 0 Å². The molecule has 0 aliphatic carbocycles. The van der Waals surface area contributed by atoms with Gasteiger partial charge in [0.1, 0.15) is 0 Å². The van der Waals surface area contributed by atoms with Gasteiger partial charge in [0, 0.05) is 11.6 Å². The molecule has 80 valence electrons. The minimum Gasteiger partial charge on any atom is -0.370 e. The van der Waals surface area contributed by atoms with E-state index in [1.807, 2.05) is 6.07 Å². The van der Waals surface area contributed by atoms with Crippen LogP contribution in [0.15, 0.2) is 30.5 Å². The van der Waals surface area contributed by atoms with Crippen molar-refractivity contribution in [1.82, 2.24) is 9.97 Å². The Balaban J connectivity index is 2.39. The highest BCUT2D eigenvalue weighted by atomic mass is 16.6. The molecule has 2 N–H and O–H groups in total. The topological polar surface area (TPSA) is 95.2 Å². The minimum atomic E-state index is -1.18. The molecule has 0 atom stereocenters. The Bertz CT molecular complexity index is 568. The number of hydrogen-bond donors (Lipinski definition) is 1. The van der Waals surface area contributed by atoms with Crippen molar-refractivity contribution in [3.63, 3.8) is 0 Å². The number of hydrogen-bond acceptors (Lipinski definition) is 5. The van der Waals surface area contributed by atoms with Crippen molar-refractivity contribution in [2.45, 2.75) is 0 Å². The second kappa shape index (κ2) is 3.93. The van der Waals surface area contributed by atoms with Crippen molar-refractivity contribution in [2.24, 2.45) is 5.73 Å². The number of carbonyl (C=O) groups is 2. The number of para-hydroxylation sites is 1. The smallest absolute Gasteiger partial charge is 0.370 e. The summed E-state index contributed by atoms with van der Waals surface area (Å²) in [7, 11) is 0. The molecule has 6 nitrogen and oxygen atoms in total. The van der Waals surface area contributed by atoms with Crippen molar-refractivity contribution in [2.75, 3.05) is 0 Å². The molecule has 16 heavy (non-hydrogen) atoms. The molecule has 0 fully saturated rings. The van der Waals surface area contributed by atoms with Gasteiger partial charge in [-0.1, -0.05) is 18.2 Å². The predicted octanol–water partition coefficient (Wildman–Crippen LogP) is 0.865. The number of aromatic nitrogens is 2. The van der Waals surface area contributed by atoms with Crippen LogP contribution in [0, 0.1) is 0 Å². The number of carbonyl (C=O) groups excluding carboxylic acids is 2. The molecule has 0 aliphatic heterocycles. The van der Waals surface area contributed by atoms with Crippen LogP contribution in [-0.2, 0) is 4.74 Å². The molecule has 1 amide bonds. The van der Waals surface area contributed by atoms with E-state index in [0.717, 1.165) is 5.39 Å². The number of nitrogens with two attached hydrogens (primary N) is 1. The Hall–Kier alpha value is -2.50. The van der Waals surface area contributed by atoms with Crippen LogP contribution < -0.4 is 5.73 Å². The molecule has 0 radical (unpaired) electrons. The summed E-state index contributed by atoms with van der Waals surface area (Å²) in [6, 6.07) is 7.13. The summed E-state index contributed by atoms with van der Waals surface area (Å²) < 4.78 is 4.16. The summed E-state index contributed by atoms with van der Waals surface area (Å²) in [5.41, 5.74) is 5.30. The van der Waals surface area contributed by atoms with Crippen LogP contribution in [-0.4, -0.2) is 22.0 Å². The summed E-state index contributed by atoms with van der Waals surface area (Å²) in [4.78, 5) is 29.3. The fourth-order valence-electron chi connectivity index (χ4n) is 1.21. The van der Waals surface area contributed by atoms with E-state index in [2.05, 4.69) is 14.7 Å². The molecular formula is C10H7N3O3. The van der Waals surface area contributed by atoms with Gasteiger partial charge in [0.2, 0.25) is 5.82 Å². The van der Waals surface area contributed by atoms with Crippen molar-refractivity contribution >= 4 is 23.0 Å². The molecule has 6 heteroatoms. The number of benzene rings is 1. The van der Waals surface area contributed by atoms with Crippen LogP contribution in [0.2, 0.25) is 0 Å². The maximum absolute atomic E-state index is 11.3. The first-order valence-corrected chi connectivity index (χ1v) is 4.40. The molecular weight excluding hydrogens is 210 g/mol. The van der Waals surface area contributed by atoms with Gasteiger partial charge in [-0.05, 0) is 6.07 Å². The lowest BCUT2D eigenvalue weighted by molar-refractivity contribution is 0.0625. The summed E-state index contributed by atoms with van der Waals surface area (Å²) in [5, 5.41) is 0.790. The number of nitrogens with zero attached hydrogens (tertiary/aromatic N) is 2. The highest BCUT2D eigenvalue weighted by Gasteiger charge is 2.13. The number of esters is 1. The zero-order valence-corrected chi connectivity index (χ0v) is 8.08. The summed E-state index contributed by atoms with van der Waals surface area (Å²) in [6.45, 7) is 0. The van der Waals surface area contributed by atoms with Crippen LogP contribution in [0.4, 0.5) is 4.79 Å². The first-order valence-electron chi connectivity index (χ1n) is 4.40. The Morgan fingerprint density at radius 2 is 2.00 bits per heavy atom. The van der Waals surface area contributed by atoms with Crippen molar-refractivity contribution in [1.29, 1.82) is 0 Å². The zero-order valence-electron chi connectivity index (χ0n) is 8.08. The minimum absolute atomic E-state index is 0.197. The zero-order chi connectivity index (χ0) is 11.5. The van der Waals surface area contributed by atoms with Crippen molar-refractivity contribution in [3.8, 4) is 0 Å². The van der Waals surface area contributed by atoms with E-state index in [1.165, 1.54) is 6.20 Å². The standard InChI is InChI=1S/C10H7N3O3/c11-10(15)16-9(14)8-12-5-6-3-1-2-4-7(6)13-8/h1-5H,(H2,11,15). The molecule has 0 unspecified atom stereocenters. The van der Waals surface area contributed by atoms with Gasteiger partial charge in [-0.3, -0.25) is 0 Å². The Morgan fingerprint density at radius 1 is 1.25 bits per heavy atom. The van der Waals surface area contributed by atoms with E-state index in [1.54, 1.807) is 18.2 Å². The van der Waals surface area contributed by atoms with Crippen LogP contribution in [0.3, 0.4) is 0 Å². The number of rotatable bonds is 1. The third-order valence-corrected chi connectivity index (χ3v) is 1.86. The largest absolute Gasteiger partial charge is 0.412 e. The van der Waals surface area contributed by atoms with E-state index in [9.17, 15) is 9.59 Å². The van der Waals surface area contributed by atoms with Crippen LogP contribution in [0.25, 0.3) is 10.9 Å². The van der Waals surface area contributed by atoms with Gasteiger partial charge >= 0.3 is 12.1 Å². The van der Waals surface area contributed by atoms with Gasteiger partial charge in [0.05, 0.1) is 5.52 Å². The molecule has 2 rings (SSSR count). The maximum Gasteiger partial charge on any atom is 0.412 e. The van der Waals surface area contributed by atoms with Gasteiger partial charge in [0.15, 0.2) is 0 Å². The van der Waals surface area contributed by atoms with Gasteiger partial charge in [0.25, 0.3) is 0 Å². The highest BCUT2D eigenvalue weighted by molar-refractivity contribution is 5.94. The Kier molecular flexibility index (Phi) is 2.47. The molecule has 0 aliphatic rings. The van der Waals surface area contributed by atoms with Crippen LogP contribution in [0.1, 0.15) is 10.6 Å². The van der Waals surface area contributed by atoms with Crippen molar-refractivity contribution in [3.05, 3.63) is 36.3 Å². The fraction of sp³-hybridized carbons (Fsp3) is 0. The van der Waals surface area contributed by atoms with Gasteiger partial charge in [-0.2, -0.15) is 0 Å². The lowest BCUT2D eigenvalue weighted by Gasteiger charge is -2.00. The summed E-state index contributed by atoms with van der Waals surface area (Å²) in [6.07, 6.45) is 0.293. The third-order valence-electron chi connectivity index (χ3n) is 1.86. The van der Waals surface area contributed by atoms with Gasteiger partial charge in [-0.15, -0.1) is 0 Å². The van der Waals surface area contributed by atoms with Gasteiger partial charge in [-0.25, -0.2) is 19.6 Å². The first-order chi connectivity index (χ1) is 7.66. The molecule has 1 aromatic heterocycles. The first kappa shape index (κ1) is 10.0. The fourth-order valence-corrected chi connectivity index (χ4v) is 1.21. The predicted molar refractivity (Wildman–Crippen MR) is 54.5 cm³/mol.